The van der Waals surface area contributed by atoms with Crippen molar-refractivity contribution in [3.8, 4) is 0 Å². The molecule has 0 unspecified atom stereocenters. The number of rotatable bonds is 1. The lowest BCUT2D eigenvalue weighted by molar-refractivity contribution is 0.186. The van der Waals surface area contributed by atoms with Gasteiger partial charge < -0.3 is 10.2 Å². The van der Waals surface area contributed by atoms with E-state index in [0.717, 1.165) is 31.0 Å². The van der Waals surface area contributed by atoms with Gasteiger partial charge in [0, 0.05) is 19.2 Å². The maximum Gasteiger partial charge on any atom is 0.321 e. The molecule has 0 spiro atoms. The van der Waals surface area contributed by atoms with Crippen molar-refractivity contribution in [1.29, 1.82) is 0 Å². The second kappa shape index (κ2) is 5.33. The lowest BCUT2D eigenvalue weighted by Crippen LogP contribution is -2.40. The van der Waals surface area contributed by atoms with Gasteiger partial charge in [0.2, 0.25) is 0 Å². The fourth-order valence-electron chi connectivity index (χ4n) is 2.00. The highest BCUT2D eigenvalue weighted by Gasteiger charge is 2.21. The summed E-state index contributed by atoms with van der Waals surface area (Å²) in [5.41, 5.74) is -0.112. The fourth-order valence-corrected chi connectivity index (χ4v) is 2.00. The van der Waals surface area contributed by atoms with Crippen molar-refractivity contribution >= 4 is 11.7 Å². The van der Waals surface area contributed by atoms with Crippen LogP contribution in [0, 0.1) is 17.6 Å². The molecule has 3 nitrogen and oxygen atoms in total. The molecule has 1 fully saturated rings. The van der Waals surface area contributed by atoms with Crippen molar-refractivity contribution in [2.24, 2.45) is 5.92 Å². The molecule has 0 bridgehead atoms. The van der Waals surface area contributed by atoms with E-state index in [1.807, 2.05) is 0 Å². The summed E-state index contributed by atoms with van der Waals surface area (Å²) >= 11 is 0. The van der Waals surface area contributed by atoms with E-state index in [0.29, 0.717) is 19.0 Å². The van der Waals surface area contributed by atoms with E-state index < -0.39 is 11.6 Å². The number of amides is 2. The molecule has 98 valence electrons. The number of hydrogen-bond donors (Lipinski definition) is 1. The van der Waals surface area contributed by atoms with Crippen molar-refractivity contribution < 1.29 is 13.6 Å². The third-order valence-corrected chi connectivity index (χ3v) is 3.24. The Morgan fingerprint density at radius 3 is 2.67 bits per heavy atom. The molecule has 0 aromatic heterocycles. The van der Waals surface area contributed by atoms with E-state index in [4.69, 9.17) is 0 Å². The van der Waals surface area contributed by atoms with Gasteiger partial charge in [-0.15, -0.1) is 0 Å². The molecular formula is C13H16F2N2O. The van der Waals surface area contributed by atoms with Gasteiger partial charge >= 0.3 is 6.03 Å². The van der Waals surface area contributed by atoms with Crippen LogP contribution in [0.25, 0.3) is 0 Å². The van der Waals surface area contributed by atoms with Crippen LogP contribution in [0.5, 0.6) is 0 Å². The minimum atomic E-state index is -0.630. The average Bonchev–Trinajstić information content (AvgIpc) is 2.34. The van der Waals surface area contributed by atoms with Crippen molar-refractivity contribution in [3.63, 3.8) is 0 Å². The highest BCUT2D eigenvalue weighted by atomic mass is 19.1. The van der Waals surface area contributed by atoms with Crippen LogP contribution < -0.4 is 5.32 Å². The van der Waals surface area contributed by atoms with Gasteiger partial charge in [-0.25, -0.2) is 13.6 Å². The largest absolute Gasteiger partial charge is 0.325 e. The van der Waals surface area contributed by atoms with E-state index in [1.54, 1.807) is 4.90 Å². The van der Waals surface area contributed by atoms with Gasteiger partial charge in [0.25, 0.3) is 0 Å². The van der Waals surface area contributed by atoms with Gasteiger partial charge in [0.15, 0.2) is 0 Å². The van der Waals surface area contributed by atoms with Crippen LogP contribution in [0.2, 0.25) is 0 Å². The van der Waals surface area contributed by atoms with Crippen LogP contribution in [0.3, 0.4) is 0 Å². The number of nitrogens with zero attached hydrogens (tertiary/aromatic N) is 1. The number of benzene rings is 1. The number of anilines is 1. The van der Waals surface area contributed by atoms with Crippen LogP contribution in [0.15, 0.2) is 18.2 Å². The number of carbonyl (C=O) groups excluding carboxylic acids is 1. The van der Waals surface area contributed by atoms with E-state index >= 15 is 0 Å². The second-order valence-electron chi connectivity index (χ2n) is 4.72. The maximum absolute atomic E-state index is 13.4. The Bertz CT molecular complexity index is 443. The lowest BCUT2D eigenvalue weighted by atomic mass is 10.00. The molecular weight excluding hydrogens is 238 g/mol. The van der Waals surface area contributed by atoms with E-state index in [-0.39, 0.29) is 11.7 Å². The molecule has 1 aromatic carbocycles. The molecule has 1 heterocycles. The topological polar surface area (TPSA) is 32.3 Å². The van der Waals surface area contributed by atoms with Gasteiger partial charge in [0.05, 0.1) is 5.69 Å². The van der Waals surface area contributed by atoms with E-state index in [9.17, 15) is 13.6 Å². The Kier molecular flexibility index (Phi) is 3.79. The number of likely N-dealkylation sites (tertiary alicyclic amines) is 1. The first-order valence-corrected chi connectivity index (χ1v) is 6.07. The highest BCUT2D eigenvalue weighted by molar-refractivity contribution is 5.89. The third-order valence-electron chi connectivity index (χ3n) is 3.24. The number of piperidine rings is 1. The zero-order chi connectivity index (χ0) is 13.1. The Balaban J connectivity index is 2.00. The number of carbonyl (C=O) groups is 1. The molecule has 2 rings (SSSR count). The Labute approximate surface area is 105 Å². The van der Waals surface area contributed by atoms with Gasteiger partial charge in [-0.3, -0.25) is 0 Å². The molecule has 5 heteroatoms. The Morgan fingerprint density at radius 2 is 2.00 bits per heavy atom. The quantitative estimate of drug-likeness (QED) is 0.820. The first-order valence-electron chi connectivity index (χ1n) is 6.07. The molecule has 0 saturated carbocycles. The third kappa shape index (κ3) is 2.97. The van der Waals surface area contributed by atoms with Crippen LogP contribution >= 0.6 is 0 Å². The summed E-state index contributed by atoms with van der Waals surface area (Å²) < 4.78 is 26.3. The Hall–Kier alpha value is -1.65. The number of urea groups is 1. The van der Waals surface area contributed by atoms with Crippen molar-refractivity contribution in [2.75, 3.05) is 18.4 Å². The summed E-state index contributed by atoms with van der Waals surface area (Å²) in [5.74, 6) is -0.589. The van der Waals surface area contributed by atoms with Gasteiger partial charge in [-0.05, 0) is 30.9 Å². The Morgan fingerprint density at radius 1 is 1.33 bits per heavy atom. The number of nitrogens with one attached hydrogen (secondary N) is 1. The summed E-state index contributed by atoms with van der Waals surface area (Å²) in [4.78, 5) is 13.5. The first kappa shape index (κ1) is 12.8. The highest BCUT2D eigenvalue weighted by Crippen LogP contribution is 2.19. The fraction of sp³-hybridized carbons (Fsp3) is 0.462. The summed E-state index contributed by atoms with van der Waals surface area (Å²) in [7, 11) is 0. The number of halogens is 2. The molecule has 1 aliphatic heterocycles. The van der Waals surface area contributed by atoms with Crippen molar-refractivity contribution in [3.05, 3.63) is 29.8 Å². The minimum Gasteiger partial charge on any atom is -0.325 e. The molecule has 1 aromatic rings. The standard InChI is InChI=1S/C13H16F2N2O/c1-9-4-6-17(7-5-9)13(18)16-12-8-10(14)2-3-11(12)15/h2-3,8-9H,4-7H2,1H3,(H,16,18). The minimum absolute atomic E-state index is 0.112. The molecule has 1 aliphatic rings. The molecule has 1 N–H and O–H groups in total. The van der Waals surface area contributed by atoms with Crippen LogP contribution in [-0.2, 0) is 0 Å². The predicted molar refractivity (Wildman–Crippen MR) is 65.3 cm³/mol. The monoisotopic (exact) mass is 254 g/mol. The number of hydrogen-bond acceptors (Lipinski definition) is 1. The van der Waals surface area contributed by atoms with Gasteiger partial charge in [-0.2, -0.15) is 0 Å². The zero-order valence-electron chi connectivity index (χ0n) is 10.2. The molecule has 0 atom stereocenters. The lowest BCUT2D eigenvalue weighted by Gasteiger charge is -2.30. The molecule has 18 heavy (non-hydrogen) atoms. The summed E-state index contributed by atoms with van der Waals surface area (Å²) in [6.07, 6.45) is 1.89. The van der Waals surface area contributed by atoms with E-state index in [1.165, 1.54) is 0 Å². The van der Waals surface area contributed by atoms with E-state index in [2.05, 4.69) is 12.2 Å². The zero-order valence-corrected chi connectivity index (χ0v) is 10.2. The average molecular weight is 254 g/mol. The van der Waals surface area contributed by atoms with Gasteiger partial charge in [-0.1, -0.05) is 6.92 Å². The first-order chi connectivity index (χ1) is 8.56. The molecule has 2 amide bonds. The smallest absolute Gasteiger partial charge is 0.321 e. The summed E-state index contributed by atoms with van der Waals surface area (Å²) in [6.45, 7) is 3.45. The van der Waals surface area contributed by atoms with Crippen LogP contribution in [0.1, 0.15) is 19.8 Å². The summed E-state index contributed by atoms with van der Waals surface area (Å²) in [5, 5.41) is 2.41. The van der Waals surface area contributed by atoms with Crippen molar-refractivity contribution in [2.45, 2.75) is 19.8 Å². The molecule has 0 radical (unpaired) electrons. The van der Waals surface area contributed by atoms with Crippen LogP contribution in [0.4, 0.5) is 19.3 Å². The maximum atomic E-state index is 13.4. The summed E-state index contributed by atoms with van der Waals surface area (Å²) in [6, 6.07) is 2.64. The van der Waals surface area contributed by atoms with Crippen LogP contribution in [-0.4, -0.2) is 24.0 Å². The second-order valence-corrected chi connectivity index (χ2v) is 4.72. The van der Waals surface area contributed by atoms with Gasteiger partial charge in [0.1, 0.15) is 11.6 Å². The predicted octanol–water partition coefficient (Wildman–Crippen LogP) is 3.23. The SMILES string of the molecule is CC1CCN(C(=O)Nc2cc(F)ccc2F)CC1. The molecule has 1 saturated heterocycles. The van der Waals surface area contributed by atoms with Crippen molar-refractivity contribution in [1.82, 2.24) is 4.90 Å². The molecule has 0 aliphatic carbocycles. The normalized spacial score (nSPS) is 16.7.